The van der Waals surface area contributed by atoms with Crippen molar-refractivity contribution in [3.63, 3.8) is 0 Å². The highest BCUT2D eigenvalue weighted by molar-refractivity contribution is 6.01. The van der Waals surface area contributed by atoms with E-state index in [0.717, 1.165) is 0 Å². The van der Waals surface area contributed by atoms with E-state index in [4.69, 9.17) is 4.74 Å². The van der Waals surface area contributed by atoms with E-state index in [0.29, 0.717) is 24.8 Å². The number of carbonyl (C=O) groups is 3. The van der Waals surface area contributed by atoms with Gasteiger partial charge in [0.1, 0.15) is 5.60 Å². The highest BCUT2D eigenvalue weighted by Crippen LogP contribution is 2.71. The van der Waals surface area contributed by atoms with Gasteiger partial charge in [0.15, 0.2) is 11.5 Å². The van der Waals surface area contributed by atoms with Gasteiger partial charge in [0, 0.05) is 16.7 Å². The predicted molar refractivity (Wildman–Crippen MR) is 125 cm³/mol. The lowest BCUT2D eigenvalue weighted by atomic mass is 9.44. The largest absolute Gasteiger partial charge is 0.478 e. The fourth-order valence-electron chi connectivity index (χ4n) is 7.75. The number of halogens is 1. The van der Waals surface area contributed by atoms with Crippen LogP contribution in [0.2, 0.25) is 0 Å². The maximum atomic E-state index is 17.2. The third-order valence-electron chi connectivity index (χ3n) is 9.77. The van der Waals surface area contributed by atoms with E-state index in [1.54, 1.807) is 47.6 Å². The number of aliphatic carboxylic acids is 1. The van der Waals surface area contributed by atoms with Gasteiger partial charge in [0.2, 0.25) is 6.10 Å². The van der Waals surface area contributed by atoms with Crippen LogP contribution < -0.4 is 0 Å². The van der Waals surface area contributed by atoms with Gasteiger partial charge in [-0.25, -0.2) is 9.18 Å². The second-order valence-corrected chi connectivity index (χ2v) is 12.6. The van der Waals surface area contributed by atoms with Crippen LogP contribution in [0.4, 0.5) is 4.39 Å². The Balaban J connectivity index is 1.79. The van der Waals surface area contributed by atoms with Crippen molar-refractivity contribution in [1.29, 1.82) is 0 Å². The third-order valence-corrected chi connectivity index (χ3v) is 9.77. The van der Waals surface area contributed by atoms with Crippen LogP contribution in [0.25, 0.3) is 0 Å². The first-order chi connectivity index (χ1) is 15.9. The molecule has 4 rings (SSSR count). The van der Waals surface area contributed by atoms with Gasteiger partial charge in [-0.05, 0) is 77.4 Å². The number of carbonyl (C=O) groups excluding carboxylic acids is 2. The molecule has 0 amide bonds. The van der Waals surface area contributed by atoms with Gasteiger partial charge in [0.05, 0.1) is 11.5 Å². The molecule has 3 N–H and O–H groups in total. The molecule has 4 aliphatic carbocycles. The average molecular weight is 493 g/mol. The first-order valence-electron chi connectivity index (χ1n) is 12.4. The molecule has 4 aliphatic rings. The molecule has 3 saturated carbocycles. The van der Waals surface area contributed by atoms with Crippen molar-refractivity contribution >= 4 is 17.7 Å². The van der Waals surface area contributed by atoms with Gasteiger partial charge in [-0.2, -0.15) is 0 Å². The summed E-state index contributed by atoms with van der Waals surface area (Å²) in [6, 6.07) is 0. The van der Waals surface area contributed by atoms with E-state index in [1.165, 1.54) is 12.2 Å². The molecule has 0 heterocycles. The summed E-state index contributed by atoms with van der Waals surface area (Å²) in [6.45, 7) is 9.89. The van der Waals surface area contributed by atoms with Crippen LogP contribution in [0.3, 0.4) is 0 Å². The number of allylic oxidation sites excluding steroid dienone is 4. The average Bonchev–Trinajstić information content (AvgIpc) is 2.93. The van der Waals surface area contributed by atoms with E-state index < -0.39 is 69.4 Å². The molecular weight excluding hydrogens is 455 g/mol. The number of carboxylic acids is 1. The Morgan fingerprint density at radius 3 is 2.43 bits per heavy atom. The van der Waals surface area contributed by atoms with Crippen LogP contribution in [0.1, 0.15) is 67.2 Å². The Kier molecular flexibility index (Phi) is 5.74. The van der Waals surface area contributed by atoms with Gasteiger partial charge < -0.3 is 20.1 Å². The van der Waals surface area contributed by atoms with Crippen LogP contribution in [0.5, 0.6) is 0 Å². The summed E-state index contributed by atoms with van der Waals surface area (Å²) in [7, 11) is 0. The van der Waals surface area contributed by atoms with Crippen molar-refractivity contribution in [1.82, 2.24) is 0 Å². The molecule has 0 aromatic rings. The molecule has 0 aromatic carbocycles. The fourth-order valence-corrected chi connectivity index (χ4v) is 7.75. The smallest absolute Gasteiger partial charge is 0.348 e. The molecule has 0 unspecified atom stereocenters. The molecular formula is C27H37FO7. The Bertz CT molecular complexity index is 1030. The number of aliphatic hydroxyl groups is 2. The van der Waals surface area contributed by atoms with Crippen molar-refractivity contribution in [2.45, 2.75) is 90.7 Å². The summed E-state index contributed by atoms with van der Waals surface area (Å²) in [4.78, 5) is 37.0. The molecule has 0 bridgehead atoms. The number of rotatable bonds is 3. The monoisotopic (exact) mass is 492 g/mol. The normalized spacial score (nSPS) is 45.6. The first kappa shape index (κ1) is 26.0. The number of alkyl halides is 1. The maximum Gasteiger partial charge on any atom is 0.348 e. The summed E-state index contributed by atoms with van der Waals surface area (Å²) in [5.41, 5.74) is -6.85. The van der Waals surface area contributed by atoms with Crippen molar-refractivity contribution in [2.75, 3.05) is 0 Å². The molecule has 0 aromatic heterocycles. The Labute approximate surface area is 205 Å². The molecule has 0 saturated heterocycles. The molecule has 7 nitrogen and oxygen atoms in total. The molecule has 35 heavy (non-hydrogen) atoms. The van der Waals surface area contributed by atoms with E-state index in [-0.39, 0.29) is 12.2 Å². The summed E-state index contributed by atoms with van der Waals surface area (Å²) in [6.07, 6.45) is 1.92. The number of ketones is 1. The van der Waals surface area contributed by atoms with Crippen molar-refractivity contribution in [3.05, 3.63) is 23.8 Å². The maximum absolute atomic E-state index is 17.2. The highest BCUT2D eigenvalue weighted by Gasteiger charge is 2.76. The SMILES string of the molecule is C[C@@H]1C[C@H]2[C@@H]3CCC4=CC(=O)C=C[C@]4(C)[C@@]3(F)[C@@H](O)C[C@]2(C)[C@@]1(O)[C@@H](OC(=O)C(C)(C)C)C(=O)O. The highest BCUT2D eigenvalue weighted by atomic mass is 19.1. The number of carboxylic acid groups (broad SMARTS) is 1. The Hall–Kier alpha value is -2.06. The lowest BCUT2D eigenvalue weighted by Gasteiger charge is -2.63. The van der Waals surface area contributed by atoms with E-state index in [2.05, 4.69) is 0 Å². The van der Waals surface area contributed by atoms with Crippen LogP contribution in [-0.2, 0) is 19.1 Å². The van der Waals surface area contributed by atoms with Crippen LogP contribution in [-0.4, -0.2) is 56.5 Å². The minimum Gasteiger partial charge on any atom is -0.478 e. The van der Waals surface area contributed by atoms with Gasteiger partial charge in [-0.15, -0.1) is 0 Å². The van der Waals surface area contributed by atoms with E-state index in [1.807, 2.05) is 0 Å². The van der Waals surface area contributed by atoms with Crippen molar-refractivity contribution in [3.8, 4) is 0 Å². The molecule has 3 fully saturated rings. The van der Waals surface area contributed by atoms with Gasteiger partial charge >= 0.3 is 11.9 Å². The van der Waals surface area contributed by atoms with Gasteiger partial charge in [-0.3, -0.25) is 9.59 Å². The molecule has 0 radical (unpaired) electrons. The predicted octanol–water partition coefficient (Wildman–Crippen LogP) is 3.38. The van der Waals surface area contributed by atoms with Gasteiger partial charge in [0.25, 0.3) is 0 Å². The summed E-state index contributed by atoms with van der Waals surface area (Å²) in [5, 5.41) is 33.6. The summed E-state index contributed by atoms with van der Waals surface area (Å²) < 4.78 is 22.7. The summed E-state index contributed by atoms with van der Waals surface area (Å²) >= 11 is 0. The fraction of sp³-hybridized carbons (Fsp3) is 0.741. The zero-order valence-corrected chi connectivity index (χ0v) is 21.3. The van der Waals surface area contributed by atoms with Crippen molar-refractivity contribution in [2.24, 2.45) is 34.0 Å². The minimum absolute atomic E-state index is 0.201. The number of hydrogen-bond acceptors (Lipinski definition) is 6. The Morgan fingerprint density at radius 1 is 1.23 bits per heavy atom. The number of esters is 1. The topological polar surface area (TPSA) is 121 Å². The lowest BCUT2D eigenvalue weighted by molar-refractivity contribution is -0.246. The zero-order chi connectivity index (χ0) is 26.4. The number of ether oxygens (including phenoxy) is 1. The van der Waals surface area contributed by atoms with Crippen LogP contribution in [0.15, 0.2) is 23.8 Å². The molecule has 8 heteroatoms. The van der Waals surface area contributed by atoms with E-state index >= 15 is 4.39 Å². The number of aliphatic hydroxyl groups excluding tert-OH is 1. The van der Waals surface area contributed by atoms with Crippen LogP contribution in [0, 0.1) is 34.0 Å². The Morgan fingerprint density at radius 2 is 1.86 bits per heavy atom. The van der Waals surface area contributed by atoms with Crippen LogP contribution >= 0.6 is 0 Å². The minimum atomic E-state index is -2.09. The third kappa shape index (κ3) is 3.24. The van der Waals surface area contributed by atoms with E-state index in [9.17, 15) is 29.7 Å². The second-order valence-electron chi connectivity index (χ2n) is 12.6. The number of fused-ring (bicyclic) bond motifs is 5. The quantitative estimate of drug-likeness (QED) is 0.517. The zero-order valence-electron chi connectivity index (χ0n) is 21.3. The molecule has 0 aliphatic heterocycles. The van der Waals surface area contributed by atoms with Gasteiger partial charge in [-0.1, -0.05) is 25.5 Å². The molecule has 9 atom stereocenters. The first-order valence-corrected chi connectivity index (χ1v) is 12.4. The lowest BCUT2D eigenvalue weighted by Crippen LogP contribution is -2.70. The molecule has 0 spiro atoms. The number of hydrogen-bond donors (Lipinski definition) is 3. The summed E-state index contributed by atoms with van der Waals surface area (Å²) in [5.74, 6) is -4.21. The van der Waals surface area contributed by atoms with Crippen molar-refractivity contribution < 1.29 is 38.8 Å². The molecule has 194 valence electrons. The second kappa shape index (κ2) is 7.72. The standard InChI is InChI=1S/C27H37FO7/c1-14-11-18-17-8-7-15-12-16(29)9-10-24(15,5)26(17,28)19(30)13-25(18,6)27(14,34)20(21(31)32)35-22(33)23(2,3)4/h9-10,12,14,17-20,30,34H,7-8,11,13H2,1-6H3,(H,31,32)/t14-,17+,18+,19+,20+,24+,25+,26+,27+/m1/s1.